The van der Waals surface area contributed by atoms with Crippen LogP contribution in [0.1, 0.15) is 217 Å². The fraction of sp³-hybridized carbons (Fsp3) is 0.622. The summed E-state index contributed by atoms with van der Waals surface area (Å²) in [6, 6.07) is 35.8. The standard InChI is InChI=1S/C25H31NO.C20H27NO2.C19H27N.C18H25NO/c1-18-9-24(27-17-19-5-3-2-4-6-19)8-7-23(18)16-26-25-13-20-10-21(14-25)12-22(11-20)15-25;1-13-5-19(23-14(2)22)4-3-18(13)12-21-20-9-15-6-16(10-20)8-17(7-15)11-20;1-13-3-4-14(2)18(5-13)12-20-19-9-15-6-16(10-19)8-17(7-15)11-19;1-12-4-13(2-3-17(12)20)11-19-18-8-14-5-15(9-18)7-16(6-14)10-18/h2-9,20-22,26H,10-17H2,1H3;3-5,15-17,21H,6-12H2,1-2H3;3-5,15-17,20H,6-12H2,1-2H3;2-4,14-16,19-20H,5-11H2,1H3. The topological polar surface area (TPSA) is 104 Å². The fourth-order valence-electron chi connectivity index (χ4n) is 23.1. The molecule has 21 rings (SSSR count). The first-order chi connectivity index (χ1) is 43.4. The molecule has 16 bridgehead atoms. The van der Waals surface area contributed by atoms with Gasteiger partial charge in [0.1, 0.15) is 23.9 Å². The van der Waals surface area contributed by atoms with Gasteiger partial charge in [-0.3, -0.25) is 4.79 Å². The number of benzene rings is 5. The van der Waals surface area contributed by atoms with Crippen molar-refractivity contribution >= 4 is 5.97 Å². The lowest BCUT2D eigenvalue weighted by atomic mass is 9.53. The summed E-state index contributed by atoms with van der Waals surface area (Å²) in [6.45, 7) is 16.8. The van der Waals surface area contributed by atoms with Gasteiger partial charge < -0.3 is 35.8 Å². The fourth-order valence-corrected chi connectivity index (χ4v) is 23.1. The Morgan fingerprint density at radius 2 is 0.767 bits per heavy atom. The highest BCUT2D eigenvalue weighted by Crippen LogP contribution is 2.59. The number of hydrogen-bond acceptors (Lipinski definition) is 8. The third kappa shape index (κ3) is 14.5. The van der Waals surface area contributed by atoms with Crippen LogP contribution in [0.4, 0.5) is 0 Å². The lowest BCUT2D eigenvalue weighted by molar-refractivity contribution is -0.131. The minimum absolute atomic E-state index is 0.260. The molecule has 0 aliphatic heterocycles. The van der Waals surface area contributed by atoms with Gasteiger partial charge in [-0.15, -0.1) is 0 Å². The maximum atomic E-state index is 11.1. The number of esters is 1. The van der Waals surface area contributed by atoms with E-state index in [1.165, 1.54) is 211 Å². The molecule has 0 spiro atoms. The van der Waals surface area contributed by atoms with Crippen LogP contribution in [0.3, 0.4) is 0 Å². The lowest BCUT2D eigenvalue weighted by Gasteiger charge is -2.57. The molecule has 16 fully saturated rings. The zero-order chi connectivity index (χ0) is 61.8. The Labute approximate surface area is 541 Å². The maximum Gasteiger partial charge on any atom is 0.308 e. The van der Waals surface area contributed by atoms with Gasteiger partial charge in [0.05, 0.1) is 0 Å². The number of ether oxygens (including phenoxy) is 2. The molecule has 5 aromatic carbocycles. The monoisotopic (exact) mass is 1210 g/mol. The van der Waals surface area contributed by atoms with Gasteiger partial charge in [0.15, 0.2) is 0 Å². The molecule has 8 nitrogen and oxygen atoms in total. The smallest absolute Gasteiger partial charge is 0.308 e. The number of carbonyl (C=O) groups is 1. The van der Waals surface area contributed by atoms with Crippen molar-refractivity contribution < 1.29 is 19.4 Å². The molecule has 16 saturated carbocycles. The molecule has 8 heteroatoms. The van der Waals surface area contributed by atoms with Gasteiger partial charge in [0.25, 0.3) is 0 Å². The normalized spacial score (nSPS) is 35.3. The zero-order valence-electron chi connectivity index (χ0n) is 55.9. The number of hydrogen-bond donors (Lipinski definition) is 5. The highest BCUT2D eigenvalue weighted by molar-refractivity contribution is 5.69. The van der Waals surface area contributed by atoms with Gasteiger partial charge in [-0.25, -0.2) is 0 Å². The second-order valence-corrected chi connectivity index (χ2v) is 33.3. The van der Waals surface area contributed by atoms with Crippen molar-refractivity contribution in [1.29, 1.82) is 0 Å². The summed E-state index contributed by atoms with van der Waals surface area (Å²) in [6.07, 6.45) is 35.0. The van der Waals surface area contributed by atoms with E-state index in [1.807, 2.05) is 31.2 Å². The molecule has 482 valence electrons. The number of aryl methyl sites for hydroxylation is 5. The third-order valence-electron chi connectivity index (χ3n) is 25.7. The van der Waals surface area contributed by atoms with Gasteiger partial charge in [0, 0.05) is 55.3 Å². The molecule has 0 amide bonds. The van der Waals surface area contributed by atoms with Crippen molar-refractivity contribution in [3.8, 4) is 17.2 Å². The van der Waals surface area contributed by atoms with Crippen LogP contribution in [0.2, 0.25) is 0 Å². The first-order valence-corrected chi connectivity index (χ1v) is 36.3. The molecule has 90 heavy (non-hydrogen) atoms. The van der Waals surface area contributed by atoms with E-state index in [4.69, 9.17) is 9.47 Å². The molecular weight excluding hydrogens is 1100 g/mol. The minimum atomic E-state index is -0.260. The van der Waals surface area contributed by atoms with Crippen LogP contribution in [0.25, 0.3) is 0 Å². The summed E-state index contributed by atoms with van der Waals surface area (Å²) in [7, 11) is 0. The number of aromatic hydroxyl groups is 1. The molecule has 5 aromatic rings. The van der Waals surface area contributed by atoms with Gasteiger partial charge >= 0.3 is 5.97 Å². The first kappa shape index (κ1) is 62.5. The highest BCUT2D eigenvalue weighted by Gasteiger charge is 2.54. The van der Waals surface area contributed by atoms with E-state index >= 15 is 0 Å². The Morgan fingerprint density at radius 3 is 1.16 bits per heavy atom. The zero-order valence-corrected chi connectivity index (χ0v) is 55.9. The Morgan fingerprint density at radius 1 is 0.389 bits per heavy atom. The van der Waals surface area contributed by atoms with E-state index in [2.05, 4.69) is 128 Å². The second kappa shape index (κ2) is 26.1. The van der Waals surface area contributed by atoms with Crippen molar-refractivity contribution in [2.45, 2.75) is 251 Å². The number of carbonyl (C=O) groups excluding carboxylic acids is 1. The summed E-state index contributed by atoms with van der Waals surface area (Å²) in [5.74, 6) is 13.8. The van der Waals surface area contributed by atoms with Crippen LogP contribution in [-0.2, 0) is 37.6 Å². The van der Waals surface area contributed by atoms with Crippen molar-refractivity contribution in [3.63, 3.8) is 0 Å². The third-order valence-corrected chi connectivity index (χ3v) is 25.7. The molecule has 0 saturated heterocycles. The average Bonchev–Trinajstić information content (AvgIpc) is 0.814. The quantitative estimate of drug-likeness (QED) is 0.0492. The van der Waals surface area contributed by atoms with E-state index < -0.39 is 0 Å². The van der Waals surface area contributed by atoms with Crippen LogP contribution in [0, 0.1) is 106 Å². The summed E-state index contributed by atoms with van der Waals surface area (Å²) in [5.41, 5.74) is 14.8. The van der Waals surface area contributed by atoms with Crippen molar-refractivity contribution in [2.75, 3.05) is 0 Å². The molecule has 0 heterocycles. The summed E-state index contributed by atoms with van der Waals surface area (Å²) < 4.78 is 11.2. The van der Waals surface area contributed by atoms with Crippen LogP contribution in [-0.4, -0.2) is 33.2 Å². The number of nitrogens with one attached hydrogen (secondary N) is 4. The lowest BCUT2D eigenvalue weighted by Crippen LogP contribution is -2.58. The molecule has 16 aliphatic carbocycles. The van der Waals surface area contributed by atoms with Crippen molar-refractivity contribution in [1.82, 2.24) is 21.3 Å². The van der Waals surface area contributed by atoms with Crippen LogP contribution in [0.15, 0.2) is 103 Å². The second-order valence-electron chi connectivity index (χ2n) is 33.3. The first-order valence-electron chi connectivity index (χ1n) is 36.3. The van der Waals surface area contributed by atoms with Gasteiger partial charge in [-0.1, -0.05) is 78.4 Å². The molecule has 16 aliphatic rings. The van der Waals surface area contributed by atoms with Crippen molar-refractivity contribution in [2.24, 2.45) is 71.0 Å². The molecule has 0 unspecified atom stereocenters. The van der Waals surface area contributed by atoms with Crippen molar-refractivity contribution in [3.05, 3.63) is 159 Å². The largest absolute Gasteiger partial charge is 0.508 e. The van der Waals surface area contributed by atoms with Gasteiger partial charge in [-0.2, -0.15) is 0 Å². The predicted octanol–water partition coefficient (Wildman–Crippen LogP) is 17.7. The minimum Gasteiger partial charge on any atom is -0.508 e. The molecule has 0 atom stereocenters. The maximum absolute atomic E-state index is 11.1. The molecule has 0 radical (unpaired) electrons. The van der Waals surface area contributed by atoms with E-state index in [1.54, 1.807) is 0 Å². The Hall–Kier alpha value is -4.99. The van der Waals surface area contributed by atoms with Gasteiger partial charge in [-0.05, 0) is 340 Å². The summed E-state index contributed by atoms with van der Waals surface area (Å²) >= 11 is 0. The summed E-state index contributed by atoms with van der Waals surface area (Å²) in [5, 5.41) is 25.5. The van der Waals surface area contributed by atoms with Crippen LogP contribution < -0.4 is 30.7 Å². The van der Waals surface area contributed by atoms with Crippen LogP contribution in [0.5, 0.6) is 17.2 Å². The molecule has 0 aromatic heterocycles. The number of phenolic OH excluding ortho intramolecular Hbond substituents is 1. The number of phenols is 1. The van der Waals surface area contributed by atoms with E-state index in [-0.39, 0.29) is 5.97 Å². The summed E-state index contributed by atoms with van der Waals surface area (Å²) in [4.78, 5) is 11.1. The van der Waals surface area contributed by atoms with Gasteiger partial charge in [0.2, 0.25) is 0 Å². The SMILES string of the molecule is CC(=O)Oc1ccc(CNC23CC4CC(CC(C4)C2)C3)c(C)c1.Cc1cc(CNC23CC4CC(CC(C4)C2)C3)ccc1O.Cc1cc(OCc2ccccc2)ccc1CNC12CC3CC(CC(C3)C1)C2.Cc1ccc(C)c(CNC23CC4CC(CC(C4)C2)C3)c1. The average molecular weight is 1220 g/mol. The highest BCUT2D eigenvalue weighted by atomic mass is 16.5. The van der Waals surface area contributed by atoms with E-state index in [0.29, 0.717) is 40.3 Å². The Kier molecular flexibility index (Phi) is 18.1. The predicted molar refractivity (Wildman–Crippen MR) is 364 cm³/mol. The van der Waals surface area contributed by atoms with Crippen LogP contribution >= 0.6 is 0 Å². The molecule has 5 N–H and O–H groups in total. The Bertz CT molecular complexity index is 3190. The Balaban J connectivity index is 0.000000106. The van der Waals surface area contributed by atoms with E-state index in [9.17, 15) is 9.90 Å². The van der Waals surface area contributed by atoms with E-state index in [0.717, 1.165) is 109 Å². The number of rotatable bonds is 16. The molecular formula is C82H110N4O4.